The van der Waals surface area contributed by atoms with Crippen molar-refractivity contribution in [3.63, 3.8) is 0 Å². The van der Waals surface area contributed by atoms with Crippen LogP contribution in [0.5, 0.6) is 0 Å². The maximum Gasteiger partial charge on any atom is 0.0220 e. The molecule has 1 saturated heterocycles. The summed E-state index contributed by atoms with van der Waals surface area (Å²) < 4.78 is 0. The second-order valence-corrected chi connectivity index (χ2v) is 4.45. The first kappa shape index (κ1) is 8.52. The van der Waals surface area contributed by atoms with E-state index in [1.165, 1.54) is 45.2 Å². The largest absolute Gasteiger partial charge is 0.252 e. The second kappa shape index (κ2) is 3.75. The predicted octanol–water partition coefficient (Wildman–Crippen LogP) is 1.78. The lowest BCUT2D eigenvalue weighted by molar-refractivity contribution is 0.0796. The van der Waals surface area contributed by atoms with Gasteiger partial charge in [0.15, 0.2) is 0 Å². The number of nitrogens with one attached hydrogen (secondary N) is 1. The molecule has 2 rings (SSSR count). The SMILES string of the molecule is CC1CC(NN2CCCCC2)C1. The third-order valence-corrected chi connectivity index (χ3v) is 3.09. The summed E-state index contributed by atoms with van der Waals surface area (Å²) in [5.41, 5.74) is 3.62. The van der Waals surface area contributed by atoms with Gasteiger partial charge in [-0.15, -0.1) is 0 Å². The van der Waals surface area contributed by atoms with E-state index in [9.17, 15) is 0 Å². The summed E-state index contributed by atoms with van der Waals surface area (Å²) in [6, 6.07) is 0.804. The number of hydrogen-bond acceptors (Lipinski definition) is 2. The topological polar surface area (TPSA) is 15.3 Å². The van der Waals surface area contributed by atoms with Crippen LogP contribution in [0.2, 0.25) is 0 Å². The van der Waals surface area contributed by atoms with Crippen LogP contribution >= 0.6 is 0 Å². The average Bonchev–Trinajstić information content (AvgIpc) is 2.04. The lowest BCUT2D eigenvalue weighted by Gasteiger charge is -2.39. The van der Waals surface area contributed by atoms with Gasteiger partial charge in [-0.2, -0.15) is 0 Å². The Bertz CT molecular complexity index is 135. The van der Waals surface area contributed by atoms with Gasteiger partial charge < -0.3 is 0 Å². The summed E-state index contributed by atoms with van der Waals surface area (Å²) in [7, 11) is 0. The molecule has 1 saturated carbocycles. The molecule has 2 aliphatic rings. The fourth-order valence-corrected chi connectivity index (χ4v) is 2.29. The fourth-order valence-electron chi connectivity index (χ4n) is 2.29. The zero-order valence-corrected chi connectivity index (χ0v) is 8.05. The summed E-state index contributed by atoms with van der Waals surface area (Å²) in [5.74, 6) is 0.965. The molecular formula is C10H20N2. The average molecular weight is 168 g/mol. The Hall–Kier alpha value is -0.0800. The standard InChI is InChI=1S/C10H20N2/c1-9-7-10(8-9)11-12-5-3-2-4-6-12/h9-11H,2-8H2,1H3. The molecule has 0 radical (unpaired) electrons. The van der Waals surface area contributed by atoms with Crippen LogP contribution in [0.3, 0.4) is 0 Å². The molecular weight excluding hydrogens is 148 g/mol. The highest BCUT2D eigenvalue weighted by Gasteiger charge is 2.26. The van der Waals surface area contributed by atoms with Crippen molar-refractivity contribution in [2.24, 2.45) is 5.92 Å². The molecule has 1 aliphatic carbocycles. The van der Waals surface area contributed by atoms with E-state index in [0.717, 1.165) is 12.0 Å². The van der Waals surface area contributed by atoms with Crippen molar-refractivity contribution in [2.45, 2.75) is 45.1 Å². The van der Waals surface area contributed by atoms with Crippen molar-refractivity contribution in [1.29, 1.82) is 0 Å². The number of hydrazine groups is 1. The van der Waals surface area contributed by atoms with Crippen molar-refractivity contribution in [3.05, 3.63) is 0 Å². The van der Waals surface area contributed by atoms with Crippen molar-refractivity contribution in [2.75, 3.05) is 13.1 Å². The van der Waals surface area contributed by atoms with E-state index in [-0.39, 0.29) is 0 Å². The monoisotopic (exact) mass is 168 g/mol. The van der Waals surface area contributed by atoms with E-state index in [0.29, 0.717) is 0 Å². The summed E-state index contributed by atoms with van der Waals surface area (Å²) in [5, 5.41) is 2.43. The quantitative estimate of drug-likeness (QED) is 0.676. The van der Waals surface area contributed by atoms with Crippen molar-refractivity contribution < 1.29 is 0 Å². The van der Waals surface area contributed by atoms with Crippen LogP contribution in [0.4, 0.5) is 0 Å². The Morgan fingerprint density at radius 3 is 2.33 bits per heavy atom. The smallest absolute Gasteiger partial charge is 0.0220 e. The van der Waals surface area contributed by atoms with Crippen LogP contribution in [0.1, 0.15) is 39.0 Å². The van der Waals surface area contributed by atoms with Gasteiger partial charge in [0, 0.05) is 19.1 Å². The molecule has 0 amide bonds. The van der Waals surface area contributed by atoms with Gasteiger partial charge >= 0.3 is 0 Å². The van der Waals surface area contributed by atoms with Crippen LogP contribution in [0, 0.1) is 5.92 Å². The summed E-state index contributed by atoms with van der Waals surface area (Å²) in [6.45, 7) is 4.88. The van der Waals surface area contributed by atoms with Gasteiger partial charge in [0.25, 0.3) is 0 Å². The molecule has 0 atom stereocenters. The van der Waals surface area contributed by atoms with Gasteiger partial charge in [-0.05, 0) is 31.6 Å². The number of piperidine rings is 1. The minimum Gasteiger partial charge on any atom is -0.252 e. The zero-order valence-electron chi connectivity index (χ0n) is 8.05. The normalized spacial score (nSPS) is 37.8. The first-order valence-corrected chi connectivity index (χ1v) is 5.36. The Morgan fingerprint density at radius 2 is 1.75 bits per heavy atom. The zero-order chi connectivity index (χ0) is 8.39. The molecule has 70 valence electrons. The van der Waals surface area contributed by atoms with Crippen LogP contribution in [0.15, 0.2) is 0 Å². The van der Waals surface area contributed by atoms with E-state index in [1.54, 1.807) is 0 Å². The molecule has 0 aromatic carbocycles. The summed E-state index contributed by atoms with van der Waals surface area (Å²) >= 11 is 0. The minimum absolute atomic E-state index is 0.804. The lowest BCUT2D eigenvalue weighted by atomic mass is 9.82. The molecule has 0 aromatic rings. The fraction of sp³-hybridized carbons (Fsp3) is 1.00. The van der Waals surface area contributed by atoms with Gasteiger partial charge in [-0.3, -0.25) is 5.43 Å². The highest BCUT2D eigenvalue weighted by molar-refractivity contribution is 4.81. The first-order valence-electron chi connectivity index (χ1n) is 5.36. The first-order chi connectivity index (χ1) is 5.84. The molecule has 1 heterocycles. The summed E-state index contributed by atoms with van der Waals surface area (Å²) in [4.78, 5) is 0. The molecule has 0 bridgehead atoms. The molecule has 1 N–H and O–H groups in total. The second-order valence-electron chi connectivity index (χ2n) is 4.45. The molecule has 0 unspecified atom stereocenters. The lowest BCUT2D eigenvalue weighted by Crippen LogP contribution is -2.51. The number of hydrogen-bond donors (Lipinski definition) is 1. The van der Waals surface area contributed by atoms with Crippen LogP contribution < -0.4 is 5.43 Å². The molecule has 2 nitrogen and oxygen atoms in total. The van der Waals surface area contributed by atoms with Gasteiger partial charge in [0.2, 0.25) is 0 Å². The highest BCUT2D eigenvalue weighted by Crippen LogP contribution is 2.26. The van der Waals surface area contributed by atoms with Gasteiger partial charge in [0.05, 0.1) is 0 Å². The molecule has 1 aliphatic heterocycles. The maximum atomic E-state index is 3.62. The van der Waals surface area contributed by atoms with Crippen molar-refractivity contribution in [1.82, 2.24) is 10.4 Å². The molecule has 0 spiro atoms. The highest BCUT2D eigenvalue weighted by atomic mass is 15.5. The maximum absolute atomic E-state index is 3.62. The Morgan fingerprint density at radius 1 is 1.08 bits per heavy atom. The van der Waals surface area contributed by atoms with E-state index >= 15 is 0 Å². The van der Waals surface area contributed by atoms with Gasteiger partial charge in [-0.1, -0.05) is 13.3 Å². The van der Waals surface area contributed by atoms with E-state index < -0.39 is 0 Å². The Balaban J connectivity index is 1.65. The van der Waals surface area contributed by atoms with E-state index in [1.807, 2.05) is 0 Å². The minimum atomic E-state index is 0.804. The number of nitrogens with zero attached hydrogens (tertiary/aromatic N) is 1. The Labute approximate surface area is 75.3 Å². The van der Waals surface area contributed by atoms with Gasteiger partial charge in [0.1, 0.15) is 0 Å². The Kier molecular flexibility index (Phi) is 2.66. The molecule has 2 fully saturated rings. The molecule has 12 heavy (non-hydrogen) atoms. The predicted molar refractivity (Wildman–Crippen MR) is 50.7 cm³/mol. The third-order valence-electron chi connectivity index (χ3n) is 3.09. The van der Waals surface area contributed by atoms with Crippen molar-refractivity contribution >= 4 is 0 Å². The van der Waals surface area contributed by atoms with Crippen LogP contribution in [0.25, 0.3) is 0 Å². The molecule has 2 heteroatoms. The van der Waals surface area contributed by atoms with E-state index in [2.05, 4.69) is 17.4 Å². The van der Waals surface area contributed by atoms with Gasteiger partial charge in [-0.25, -0.2) is 5.01 Å². The summed E-state index contributed by atoms with van der Waals surface area (Å²) in [6.07, 6.45) is 6.97. The number of rotatable bonds is 2. The molecule has 0 aromatic heterocycles. The third kappa shape index (κ3) is 1.99. The van der Waals surface area contributed by atoms with Crippen LogP contribution in [-0.2, 0) is 0 Å². The van der Waals surface area contributed by atoms with Crippen molar-refractivity contribution in [3.8, 4) is 0 Å². The van der Waals surface area contributed by atoms with Crippen LogP contribution in [-0.4, -0.2) is 24.1 Å². The van der Waals surface area contributed by atoms with E-state index in [4.69, 9.17) is 0 Å².